The Morgan fingerprint density at radius 1 is 1.15 bits per heavy atom. The molecule has 1 aromatic carbocycles. The normalized spacial score (nSPS) is 25.5. The molecule has 1 saturated carbocycles. The van der Waals surface area contributed by atoms with E-state index in [-0.39, 0.29) is 11.9 Å². The standard InChI is InChI=1S/C19H23F3N2O3/c1-17(2,3)27-16(26)23-24-14-8-10-18(11-9-14,15(24)25)12-4-6-13(7-5-12)19(20,21)22/h4-7,14H,8-11H2,1-3H3,(H,23,26). The van der Waals surface area contributed by atoms with Crippen molar-refractivity contribution in [1.29, 1.82) is 0 Å². The number of amides is 2. The molecule has 27 heavy (non-hydrogen) atoms. The van der Waals surface area contributed by atoms with E-state index in [1.165, 1.54) is 17.1 Å². The summed E-state index contributed by atoms with van der Waals surface area (Å²) in [5.41, 5.74) is 0.723. The minimum absolute atomic E-state index is 0.124. The van der Waals surface area contributed by atoms with Gasteiger partial charge in [-0.1, -0.05) is 12.1 Å². The molecule has 0 atom stereocenters. The molecule has 2 aliphatic heterocycles. The maximum absolute atomic E-state index is 13.1. The molecule has 2 saturated heterocycles. The molecule has 2 bridgehead atoms. The van der Waals surface area contributed by atoms with Gasteiger partial charge in [-0.3, -0.25) is 4.79 Å². The zero-order valence-electron chi connectivity index (χ0n) is 15.5. The summed E-state index contributed by atoms with van der Waals surface area (Å²) in [6.45, 7) is 5.17. The van der Waals surface area contributed by atoms with Crippen molar-refractivity contribution in [1.82, 2.24) is 10.4 Å². The van der Waals surface area contributed by atoms with Crippen LogP contribution in [0, 0.1) is 0 Å². The summed E-state index contributed by atoms with van der Waals surface area (Å²) in [5.74, 6) is -0.296. The third-order valence-corrected chi connectivity index (χ3v) is 5.18. The number of nitrogens with one attached hydrogen (secondary N) is 1. The first kappa shape index (κ1) is 19.5. The molecule has 0 unspecified atom stereocenters. The second-order valence-corrected chi connectivity index (χ2v) is 8.18. The number of hydrogen-bond acceptors (Lipinski definition) is 3. The van der Waals surface area contributed by atoms with Gasteiger partial charge >= 0.3 is 12.3 Å². The molecule has 5 nitrogen and oxygen atoms in total. The Morgan fingerprint density at radius 2 is 1.70 bits per heavy atom. The number of rotatable bonds is 2. The van der Waals surface area contributed by atoms with Gasteiger partial charge in [0.05, 0.1) is 17.0 Å². The van der Waals surface area contributed by atoms with Crippen molar-refractivity contribution < 1.29 is 27.5 Å². The van der Waals surface area contributed by atoms with Gasteiger partial charge in [-0.25, -0.2) is 15.2 Å². The van der Waals surface area contributed by atoms with E-state index in [0.717, 1.165) is 12.1 Å². The highest BCUT2D eigenvalue weighted by Gasteiger charge is 2.53. The maximum atomic E-state index is 13.1. The van der Waals surface area contributed by atoms with Crippen LogP contribution in [-0.4, -0.2) is 28.7 Å². The molecule has 1 N–H and O–H groups in total. The van der Waals surface area contributed by atoms with Crippen LogP contribution in [0.3, 0.4) is 0 Å². The van der Waals surface area contributed by atoms with Gasteiger partial charge in [0.2, 0.25) is 0 Å². The van der Waals surface area contributed by atoms with Gasteiger partial charge in [0.15, 0.2) is 0 Å². The predicted octanol–water partition coefficient (Wildman–Crippen LogP) is 4.17. The summed E-state index contributed by atoms with van der Waals surface area (Å²) < 4.78 is 43.7. The van der Waals surface area contributed by atoms with Crippen LogP contribution in [0.1, 0.15) is 57.6 Å². The Balaban J connectivity index is 1.83. The van der Waals surface area contributed by atoms with Crippen molar-refractivity contribution in [2.75, 3.05) is 0 Å². The summed E-state index contributed by atoms with van der Waals surface area (Å²) in [6, 6.07) is 4.63. The summed E-state index contributed by atoms with van der Waals surface area (Å²) in [5, 5.41) is 1.30. The van der Waals surface area contributed by atoms with Crippen LogP contribution in [0.5, 0.6) is 0 Å². The van der Waals surface area contributed by atoms with E-state index >= 15 is 0 Å². The summed E-state index contributed by atoms with van der Waals surface area (Å²) >= 11 is 0. The number of alkyl halides is 3. The number of piperidine rings is 2. The number of fused-ring (bicyclic) bond motifs is 3. The van der Waals surface area contributed by atoms with Crippen molar-refractivity contribution in [3.05, 3.63) is 35.4 Å². The van der Waals surface area contributed by atoms with E-state index in [9.17, 15) is 22.8 Å². The number of hydrogen-bond donors (Lipinski definition) is 1. The minimum atomic E-state index is -4.42. The number of nitrogens with zero attached hydrogens (tertiary/aromatic N) is 1. The van der Waals surface area contributed by atoms with Crippen LogP contribution in [0.2, 0.25) is 0 Å². The van der Waals surface area contributed by atoms with E-state index in [0.29, 0.717) is 31.2 Å². The third kappa shape index (κ3) is 3.75. The second-order valence-electron chi connectivity index (χ2n) is 8.18. The number of benzene rings is 1. The van der Waals surface area contributed by atoms with Crippen molar-refractivity contribution >= 4 is 12.0 Å². The second kappa shape index (κ2) is 6.42. The zero-order valence-corrected chi connectivity index (χ0v) is 15.5. The fourth-order valence-corrected chi connectivity index (χ4v) is 3.90. The predicted molar refractivity (Wildman–Crippen MR) is 91.6 cm³/mol. The van der Waals surface area contributed by atoms with Crippen LogP contribution in [0.15, 0.2) is 24.3 Å². The molecule has 3 aliphatic rings. The number of carbonyl (C=O) groups excluding carboxylic acids is 2. The SMILES string of the molecule is CC(C)(C)OC(=O)NN1C(=O)C2(c3ccc(C(F)(F)F)cc3)CCC1CC2. The van der Waals surface area contributed by atoms with Gasteiger partial charge in [-0.15, -0.1) is 0 Å². The first-order valence-electron chi connectivity index (χ1n) is 8.93. The van der Waals surface area contributed by atoms with Crippen molar-refractivity contribution in [2.45, 2.75) is 69.7 Å². The largest absolute Gasteiger partial charge is 0.443 e. The lowest BCUT2D eigenvalue weighted by Gasteiger charge is -2.51. The van der Waals surface area contributed by atoms with Crippen LogP contribution < -0.4 is 5.43 Å². The van der Waals surface area contributed by atoms with Gasteiger partial charge < -0.3 is 4.74 Å². The molecule has 2 heterocycles. The molecular formula is C19H23F3N2O3. The smallest absolute Gasteiger partial charge is 0.426 e. The lowest BCUT2D eigenvalue weighted by molar-refractivity contribution is -0.155. The van der Waals surface area contributed by atoms with E-state index in [2.05, 4.69) is 5.43 Å². The Labute approximate surface area is 155 Å². The molecule has 2 amide bonds. The van der Waals surface area contributed by atoms with E-state index in [1.807, 2.05) is 0 Å². The molecule has 8 heteroatoms. The van der Waals surface area contributed by atoms with E-state index in [4.69, 9.17) is 4.74 Å². The average molecular weight is 384 g/mol. The van der Waals surface area contributed by atoms with E-state index < -0.39 is 28.8 Å². The Bertz CT molecular complexity index is 730. The highest BCUT2D eigenvalue weighted by molar-refractivity contribution is 5.91. The number of ether oxygens (including phenoxy) is 1. The Kier molecular flexibility index (Phi) is 4.64. The average Bonchev–Trinajstić information content (AvgIpc) is 2.56. The highest BCUT2D eigenvalue weighted by atomic mass is 19.4. The van der Waals surface area contributed by atoms with Gasteiger partial charge in [0.25, 0.3) is 5.91 Å². The minimum Gasteiger partial charge on any atom is -0.443 e. The fraction of sp³-hybridized carbons (Fsp3) is 0.579. The van der Waals surface area contributed by atoms with Crippen molar-refractivity contribution in [3.8, 4) is 0 Å². The molecule has 4 rings (SSSR count). The third-order valence-electron chi connectivity index (χ3n) is 5.18. The molecule has 148 valence electrons. The first-order valence-corrected chi connectivity index (χ1v) is 8.93. The first-order chi connectivity index (χ1) is 12.4. The summed E-state index contributed by atoms with van der Waals surface area (Å²) in [7, 11) is 0. The van der Waals surface area contributed by atoms with E-state index in [1.54, 1.807) is 20.8 Å². The number of carbonyl (C=O) groups is 2. The van der Waals surface area contributed by atoms with Crippen LogP contribution >= 0.6 is 0 Å². The molecule has 0 aromatic heterocycles. The van der Waals surface area contributed by atoms with Crippen LogP contribution in [-0.2, 0) is 21.1 Å². The fourth-order valence-electron chi connectivity index (χ4n) is 3.90. The molecular weight excluding hydrogens is 361 g/mol. The monoisotopic (exact) mass is 384 g/mol. The maximum Gasteiger partial charge on any atom is 0.426 e. The quantitative estimate of drug-likeness (QED) is 0.833. The molecule has 3 fully saturated rings. The molecule has 0 spiro atoms. The molecule has 0 radical (unpaired) electrons. The topological polar surface area (TPSA) is 58.6 Å². The van der Waals surface area contributed by atoms with Gasteiger partial charge in [0, 0.05) is 0 Å². The summed E-state index contributed by atoms with van der Waals surface area (Å²) in [4.78, 5) is 25.2. The number of halogens is 3. The van der Waals surface area contributed by atoms with Gasteiger partial charge in [-0.2, -0.15) is 13.2 Å². The van der Waals surface area contributed by atoms with Crippen molar-refractivity contribution in [3.63, 3.8) is 0 Å². The lowest BCUT2D eigenvalue weighted by Crippen LogP contribution is -2.65. The molecule has 1 aromatic rings. The lowest BCUT2D eigenvalue weighted by atomic mass is 9.64. The molecule has 1 aliphatic carbocycles. The van der Waals surface area contributed by atoms with Gasteiger partial charge in [0.1, 0.15) is 5.60 Å². The van der Waals surface area contributed by atoms with Crippen LogP contribution in [0.4, 0.5) is 18.0 Å². The number of hydrazine groups is 1. The summed E-state index contributed by atoms with van der Waals surface area (Å²) in [6.07, 6.45) is -2.70. The highest BCUT2D eigenvalue weighted by Crippen LogP contribution is 2.47. The Morgan fingerprint density at radius 3 is 2.19 bits per heavy atom. The van der Waals surface area contributed by atoms with Crippen LogP contribution in [0.25, 0.3) is 0 Å². The zero-order chi connectivity index (χ0) is 20.0. The van der Waals surface area contributed by atoms with Crippen molar-refractivity contribution in [2.24, 2.45) is 0 Å². The van der Waals surface area contributed by atoms with Gasteiger partial charge in [-0.05, 0) is 64.2 Å². The Hall–Kier alpha value is -2.25.